The lowest BCUT2D eigenvalue weighted by Gasteiger charge is -2.23. The zero-order chi connectivity index (χ0) is 15.1. The van der Waals surface area contributed by atoms with Crippen molar-refractivity contribution in [2.45, 2.75) is 39.2 Å². The van der Waals surface area contributed by atoms with Crippen molar-refractivity contribution < 1.29 is 4.39 Å². The third-order valence-corrected chi connectivity index (χ3v) is 5.36. The molecule has 1 aliphatic rings. The average molecular weight is 329 g/mol. The summed E-state index contributed by atoms with van der Waals surface area (Å²) < 4.78 is 15.9. The van der Waals surface area contributed by atoms with Gasteiger partial charge in [0, 0.05) is 24.4 Å². The Balaban J connectivity index is 2.18. The largest absolute Gasteiger partial charge is 0.325 e. The predicted molar refractivity (Wildman–Crippen MR) is 85.7 cm³/mol. The Morgan fingerprint density at radius 3 is 2.71 bits per heavy atom. The molecule has 114 valence electrons. The fraction of sp³-hybridized carbons (Fsp3) is 0.562. The number of nitrogens with zero attached hydrogens (tertiary/aromatic N) is 2. The topological polar surface area (TPSA) is 17.8 Å². The van der Waals surface area contributed by atoms with Gasteiger partial charge in [0.25, 0.3) is 0 Å². The van der Waals surface area contributed by atoms with Crippen LogP contribution in [0.2, 0.25) is 5.02 Å². The molecule has 1 aliphatic carbocycles. The van der Waals surface area contributed by atoms with E-state index in [-0.39, 0.29) is 5.02 Å². The van der Waals surface area contributed by atoms with E-state index < -0.39 is 5.82 Å². The van der Waals surface area contributed by atoms with E-state index in [9.17, 15) is 4.39 Å². The monoisotopic (exact) mass is 328 g/mol. The highest BCUT2D eigenvalue weighted by Gasteiger charge is 2.33. The molecule has 1 aromatic carbocycles. The van der Waals surface area contributed by atoms with E-state index in [1.165, 1.54) is 12.5 Å². The molecule has 2 nitrogen and oxygen atoms in total. The molecular weight excluding hydrogens is 310 g/mol. The summed E-state index contributed by atoms with van der Waals surface area (Å²) >= 11 is 11.9. The second-order valence-corrected chi connectivity index (χ2v) is 6.86. The van der Waals surface area contributed by atoms with Crippen molar-refractivity contribution in [1.82, 2.24) is 9.55 Å². The molecule has 0 amide bonds. The van der Waals surface area contributed by atoms with E-state index in [1.807, 2.05) is 0 Å². The van der Waals surface area contributed by atoms with Crippen LogP contribution in [-0.2, 0) is 6.42 Å². The summed E-state index contributed by atoms with van der Waals surface area (Å²) in [6.07, 6.45) is 3.02. The normalized spacial score (nSPS) is 25.9. The zero-order valence-electron chi connectivity index (χ0n) is 12.2. The van der Waals surface area contributed by atoms with Gasteiger partial charge in [-0.2, -0.15) is 0 Å². The van der Waals surface area contributed by atoms with Crippen LogP contribution in [0.15, 0.2) is 12.1 Å². The van der Waals surface area contributed by atoms with Gasteiger partial charge >= 0.3 is 0 Å². The van der Waals surface area contributed by atoms with Gasteiger partial charge in [-0.05, 0) is 30.7 Å². The average Bonchev–Trinajstić information content (AvgIpc) is 2.93. The van der Waals surface area contributed by atoms with E-state index in [4.69, 9.17) is 23.2 Å². The van der Waals surface area contributed by atoms with E-state index >= 15 is 0 Å². The number of alkyl halides is 1. The van der Waals surface area contributed by atoms with Gasteiger partial charge in [-0.3, -0.25) is 0 Å². The van der Waals surface area contributed by atoms with Crippen LogP contribution in [0.3, 0.4) is 0 Å². The molecule has 3 rings (SSSR count). The first-order chi connectivity index (χ1) is 10.0. The number of imidazole rings is 1. The third-order valence-electron chi connectivity index (χ3n) is 4.88. The molecule has 0 aliphatic heterocycles. The van der Waals surface area contributed by atoms with Crippen LogP contribution in [0.4, 0.5) is 4.39 Å². The number of hydrogen-bond donors (Lipinski definition) is 0. The van der Waals surface area contributed by atoms with Gasteiger partial charge < -0.3 is 4.57 Å². The van der Waals surface area contributed by atoms with Crippen molar-refractivity contribution in [3.05, 3.63) is 28.8 Å². The van der Waals surface area contributed by atoms with Crippen molar-refractivity contribution in [3.8, 4) is 0 Å². The first-order valence-electron chi connectivity index (χ1n) is 7.44. The second kappa shape index (κ2) is 5.77. The second-order valence-electron chi connectivity index (χ2n) is 6.07. The lowest BCUT2D eigenvalue weighted by atomic mass is 9.97. The Morgan fingerprint density at radius 1 is 1.33 bits per heavy atom. The first-order valence-corrected chi connectivity index (χ1v) is 8.36. The molecule has 0 N–H and O–H groups in total. The molecule has 1 heterocycles. The first kappa shape index (κ1) is 15.1. The summed E-state index contributed by atoms with van der Waals surface area (Å²) in [6.45, 7) is 4.57. The van der Waals surface area contributed by atoms with Gasteiger partial charge in [-0.1, -0.05) is 25.4 Å². The fourth-order valence-corrected chi connectivity index (χ4v) is 3.80. The molecule has 0 saturated heterocycles. The zero-order valence-corrected chi connectivity index (χ0v) is 13.8. The number of aromatic nitrogens is 2. The quantitative estimate of drug-likeness (QED) is 0.706. The Hall–Kier alpha value is -0.800. The molecule has 1 saturated carbocycles. The smallest absolute Gasteiger partial charge is 0.144 e. The number of halogens is 3. The van der Waals surface area contributed by atoms with Gasteiger partial charge in [0.05, 0.1) is 16.1 Å². The summed E-state index contributed by atoms with van der Waals surface area (Å²) in [5.74, 6) is 2.29. The van der Waals surface area contributed by atoms with E-state index in [0.717, 1.165) is 17.8 Å². The minimum absolute atomic E-state index is 0.153. The summed E-state index contributed by atoms with van der Waals surface area (Å²) in [6, 6.07) is 3.52. The summed E-state index contributed by atoms with van der Waals surface area (Å²) in [5.41, 5.74) is 1.59. The van der Waals surface area contributed by atoms with Crippen LogP contribution in [-0.4, -0.2) is 15.4 Å². The van der Waals surface area contributed by atoms with Gasteiger partial charge in [0.1, 0.15) is 11.6 Å². The fourth-order valence-electron chi connectivity index (χ4n) is 3.47. The van der Waals surface area contributed by atoms with Crippen molar-refractivity contribution in [2.75, 3.05) is 5.88 Å². The Kier molecular flexibility index (Phi) is 4.15. The van der Waals surface area contributed by atoms with Crippen LogP contribution >= 0.6 is 23.2 Å². The maximum atomic E-state index is 13.7. The number of aryl methyl sites for hydroxylation is 1. The van der Waals surface area contributed by atoms with Crippen LogP contribution in [0.25, 0.3) is 11.0 Å². The van der Waals surface area contributed by atoms with E-state index in [2.05, 4.69) is 23.4 Å². The minimum Gasteiger partial charge on any atom is -0.325 e. The third kappa shape index (κ3) is 2.55. The standard InChI is InChI=1S/C16H19Cl2FN2/c1-9-3-4-14(10(9)2)21-15-7-11(18)12(19)8-13(15)20-16(21)5-6-17/h7-10,14H,3-6H2,1-2H3. The number of rotatable bonds is 3. The molecule has 0 radical (unpaired) electrons. The number of hydrogen-bond acceptors (Lipinski definition) is 1. The maximum Gasteiger partial charge on any atom is 0.144 e. The highest BCUT2D eigenvalue weighted by Crippen LogP contribution is 2.42. The SMILES string of the molecule is CC1CCC(n2c(CCCl)nc3cc(F)c(Cl)cc32)C1C. The molecule has 2 aromatic rings. The molecule has 1 fully saturated rings. The van der Waals surface area contributed by atoms with Gasteiger partial charge in [0.2, 0.25) is 0 Å². The van der Waals surface area contributed by atoms with Gasteiger partial charge in [-0.25, -0.2) is 9.37 Å². The van der Waals surface area contributed by atoms with Crippen LogP contribution in [0.1, 0.15) is 38.6 Å². The molecule has 3 atom stereocenters. The van der Waals surface area contributed by atoms with Crippen molar-refractivity contribution in [2.24, 2.45) is 11.8 Å². The van der Waals surface area contributed by atoms with Gasteiger partial charge in [0.15, 0.2) is 0 Å². The Morgan fingerprint density at radius 2 is 2.10 bits per heavy atom. The molecule has 1 aromatic heterocycles. The molecule has 3 unspecified atom stereocenters. The summed E-state index contributed by atoms with van der Waals surface area (Å²) in [4.78, 5) is 4.59. The predicted octanol–water partition coefficient (Wildman–Crippen LogP) is 5.22. The summed E-state index contributed by atoms with van der Waals surface area (Å²) in [5, 5.41) is 0.153. The molecule has 5 heteroatoms. The van der Waals surface area contributed by atoms with Crippen molar-refractivity contribution >= 4 is 34.2 Å². The molecule has 0 bridgehead atoms. The van der Waals surface area contributed by atoms with Crippen LogP contribution in [0, 0.1) is 17.7 Å². The number of benzene rings is 1. The highest BCUT2D eigenvalue weighted by atomic mass is 35.5. The molecule has 0 spiro atoms. The maximum absolute atomic E-state index is 13.7. The summed E-state index contributed by atoms with van der Waals surface area (Å²) in [7, 11) is 0. The van der Waals surface area contributed by atoms with Crippen LogP contribution < -0.4 is 0 Å². The Labute approximate surface area is 134 Å². The number of fused-ring (bicyclic) bond motifs is 1. The highest BCUT2D eigenvalue weighted by molar-refractivity contribution is 6.31. The molecule has 21 heavy (non-hydrogen) atoms. The Bertz CT molecular complexity index is 668. The lowest BCUT2D eigenvalue weighted by molar-refractivity contribution is 0.352. The minimum atomic E-state index is -0.418. The van der Waals surface area contributed by atoms with E-state index in [1.54, 1.807) is 6.07 Å². The van der Waals surface area contributed by atoms with Crippen molar-refractivity contribution in [1.29, 1.82) is 0 Å². The van der Waals surface area contributed by atoms with Crippen LogP contribution in [0.5, 0.6) is 0 Å². The van der Waals surface area contributed by atoms with Crippen molar-refractivity contribution in [3.63, 3.8) is 0 Å². The molecular formula is C16H19Cl2FN2. The van der Waals surface area contributed by atoms with Gasteiger partial charge in [-0.15, -0.1) is 11.6 Å². The lowest BCUT2D eigenvalue weighted by Crippen LogP contribution is -2.17. The van der Waals surface area contributed by atoms with E-state index in [0.29, 0.717) is 35.7 Å².